The van der Waals surface area contributed by atoms with E-state index in [1.54, 1.807) is 30.3 Å². The van der Waals surface area contributed by atoms with Crippen LogP contribution in [0.1, 0.15) is 24.8 Å². The van der Waals surface area contributed by atoms with Crippen LogP contribution in [-0.2, 0) is 16.1 Å². The highest BCUT2D eigenvalue weighted by Crippen LogP contribution is 2.35. The number of likely N-dealkylation sites (tertiary alicyclic amines) is 1. The van der Waals surface area contributed by atoms with Crippen LogP contribution in [0.4, 0.5) is 18.0 Å². The number of carbonyl (C=O) groups is 2. The topological polar surface area (TPSA) is 66.8 Å². The summed E-state index contributed by atoms with van der Waals surface area (Å²) in [5.41, 5.74) is 0.605. The molecular formula is C15H16F3NO4. The minimum atomic E-state index is -4.69. The Hall–Kier alpha value is -2.25. The molecule has 126 valence electrons. The Kier molecular flexibility index (Phi) is 5.12. The summed E-state index contributed by atoms with van der Waals surface area (Å²) < 4.78 is 44.2. The van der Waals surface area contributed by atoms with E-state index < -0.39 is 30.3 Å². The van der Waals surface area contributed by atoms with E-state index in [1.807, 2.05) is 0 Å². The summed E-state index contributed by atoms with van der Waals surface area (Å²) in [5.74, 6) is -1.46. The van der Waals surface area contributed by atoms with Crippen molar-refractivity contribution in [3.8, 4) is 0 Å². The third-order valence-electron chi connectivity index (χ3n) is 3.71. The van der Waals surface area contributed by atoms with Crippen molar-refractivity contribution < 1.29 is 32.6 Å². The van der Waals surface area contributed by atoms with Crippen LogP contribution in [0.2, 0.25) is 0 Å². The number of alkyl halides is 3. The van der Waals surface area contributed by atoms with E-state index in [2.05, 4.69) is 0 Å². The molecule has 0 bridgehead atoms. The minimum absolute atomic E-state index is 0.0254. The van der Waals surface area contributed by atoms with Gasteiger partial charge in [-0.25, -0.2) is 9.59 Å². The quantitative estimate of drug-likeness (QED) is 0.924. The number of carboxylic acid groups (broad SMARTS) is 1. The number of rotatable bonds is 3. The zero-order valence-corrected chi connectivity index (χ0v) is 12.1. The lowest BCUT2D eigenvalue weighted by molar-refractivity contribution is -0.196. The summed E-state index contributed by atoms with van der Waals surface area (Å²) in [7, 11) is 0. The molecule has 1 fully saturated rings. The monoisotopic (exact) mass is 331 g/mol. The van der Waals surface area contributed by atoms with E-state index in [-0.39, 0.29) is 25.9 Å². The first kappa shape index (κ1) is 17.1. The molecule has 0 saturated carbocycles. The SMILES string of the molecule is O=C(O)[C@@H]1CCC[C@H](C(F)(F)F)N1C(=O)OCc1ccccc1. The molecule has 1 aromatic carbocycles. The highest BCUT2D eigenvalue weighted by atomic mass is 19.4. The number of halogens is 3. The molecule has 5 nitrogen and oxygen atoms in total. The molecule has 1 N–H and O–H groups in total. The number of hydrogen-bond donors (Lipinski definition) is 1. The van der Waals surface area contributed by atoms with E-state index in [9.17, 15) is 22.8 Å². The zero-order chi connectivity index (χ0) is 17.0. The first-order valence-corrected chi connectivity index (χ1v) is 7.09. The molecule has 1 aliphatic heterocycles. The maximum absolute atomic E-state index is 13.1. The maximum atomic E-state index is 13.1. The van der Waals surface area contributed by atoms with Gasteiger partial charge in [-0.2, -0.15) is 13.2 Å². The van der Waals surface area contributed by atoms with E-state index >= 15 is 0 Å². The van der Waals surface area contributed by atoms with Gasteiger partial charge in [0.05, 0.1) is 0 Å². The van der Waals surface area contributed by atoms with Crippen LogP contribution in [-0.4, -0.2) is 40.3 Å². The number of aliphatic carboxylic acids is 1. The molecule has 1 aliphatic rings. The predicted molar refractivity (Wildman–Crippen MR) is 73.6 cm³/mol. The van der Waals surface area contributed by atoms with Crippen LogP contribution in [0.15, 0.2) is 30.3 Å². The van der Waals surface area contributed by atoms with E-state index in [0.717, 1.165) is 0 Å². The largest absolute Gasteiger partial charge is 0.480 e. The Morgan fingerprint density at radius 3 is 2.43 bits per heavy atom. The number of carboxylic acids is 1. The first-order chi connectivity index (χ1) is 10.8. The Bertz CT molecular complexity index is 562. The van der Waals surface area contributed by atoms with Gasteiger partial charge in [-0.05, 0) is 24.8 Å². The number of benzene rings is 1. The van der Waals surface area contributed by atoms with Gasteiger partial charge in [-0.3, -0.25) is 4.90 Å². The van der Waals surface area contributed by atoms with Crippen LogP contribution < -0.4 is 0 Å². The Balaban J connectivity index is 2.15. The lowest BCUT2D eigenvalue weighted by atomic mass is 9.95. The van der Waals surface area contributed by atoms with Gasteiger partial charge >= 0.3 is 18.2 Å². The van der Waals surface area contributed by atoms with Crippen molar-refractivity contribution in [1.82, 2.24) is 4.90 Å². The third-order valence-corrected chi connectivity index (χ3v) is 3.71. The molecule has 2 atom stereocenters. The number of nitrogens with zero attached hydrogens (tertiary/aromatic N) is 1. The average molecular weight is 331 g/mol. The van der Waals surface area contributed by atoms with Gasteiger partial charge in [0, 0.05) is 0 Å². The number of amides is 1. The molecule has 0 spiro atoms. The van der Waals surface area contributed by atoms with Crippen molar-refractivity contribution in [2.24, 2.45) is 0 Å². The van der Waals surface area contributed by atoms with Gasteiger partial charge < -0.3 is 9.84 Å². The molecule has 0 aliphatic carbocycles. The maximum Gasteiger partial charge on any atom is 0.411 e. The lowest BCUT2D eigenvalue weighted by Gasteiger charge is -2.39. The third kappa shape index (κ3) is 4.14. The molecule has 0 radical (unpaired) electrons. The molecule has 1 saturated heterocycles. The first-order valence-electron chi connectivity index (χ1n) is 7.09. The second-order valence-electron chi connectivity index (χ2n) is 5.29. The number of hydrogen-bond acceptors (Lipinski definition) is 3. The summed E-state index contributed by atoms with van der Waals surface area (Å²) >= 11 is 0. The van der Waals surface area contributed by atoms with Crippen LogP contribution >= 0.6 is 0 Å². The van der Waals surface area contributed by atoms with E-state index in [0.29, 0.717) is 10.5 Å². The van der Waals surface area contributed by atoms with Gasteiger partial charge in [-0.15, -0.1) is 0 Å². The summed E-state index contributed by atoms with van der Waals surface area (Å²) in [4.78, 5) is 23.6. The fourth-order valence-corrected chi connectivity index (χ4v) is 2.61. The summed E-state index contributed by atoms with van der Waals surface area (Å²) in [6.07, 6.45) is -6.22. The number of ether oxygens (including phenoxy) is 1. The van der Waals surface area contributed by atoms with Crippen LogP contribution in [0.25, 0.3) is 0 Å². The molecular weight excluding hydrogens is 315 g/mol. The van der Waals surface area contributed by atoms with Crippen LogP contribution in [0, 0.1) is 0 Å². The van der Waals surface area contributed by atoms with Crippen LogP contribution in [0.3, 0.4) is 0 Å². The average Bonchev–Trinajstić information content (AvgIpc) is 2.52. The molecule has 1 heterocycles. The normalized spacial score (nSPS) is 21.8. The molecule has 2 rings (SSSR count). The van der Waals surface area contributed by atoms with Crippen molar-refractivity contribution in [3.05, 3.63) is 35.9 Å². The van der Waals surface area contributed by atoms with Crippen molar-refractivity contribution in [2.45, 2.75) is 44.1 Å². The minimum Gasteiger partial charge on any atom is -0.480 e. The Morgan fingerprint density at radius 2 is 1.87 bits per heavy atom. The molecule has 1 aromatic rings. The van der Waals surface area contributed by atoms with Crippen molar-refractivity contribution in [3.63, 3.8) is 0 Å². The summed E-state index contributed by atoms with van der Waals surface area (Å²) in [5, 5.41) is 9.11. The Labute approximate surface area is 130 Å². The van der Waals surface area contributed by atoms with Crippen molar-refractivity contribution in [1.29, 1.82) is 0 Å². The van der Waals surface area contributed by atoms with Gasteiger partial charge in [0.2, 0.25) is 0 Å². The Morgan fingerprint density at radius 1 is 1.22 bits per heavy atom. The summed E-state index contributed by atoms with van der Waals surface area (Å²) in [6.45, 7) is -0.215. The smallest absolute Gasteiger partial charge is 0.411 e. The highest BCUT2D eigenvalue weighted by molar-refractivity contribution is 5.80. The number of piperidine rings is 1. The fraction of sp³-hybridized carbons (Fsp3) is 0.467. The summed E-state index contributed by atoms with van der Waals surface area (Å²) in [6, 6.07) is 4.78. The molecule has 1 amide bonds. The van der Waals surface area contributed by atoms with Gasteiger partial charge in [0.25, 0.3) is 0 Å². The van der Waals surface area contributed by atoms with Gasteiger partial charge in [0.15, 0.2) is 0 Å². The lowest BCUT2D eigenvalue weighted by Crippen LogP contribution is -2.58. The number of carbonyl (C=O) groups excluding carboxylic acids is 1. The second kappa shape index (κ2) is 6.89. The van der Waals surface area contributed by atoms with Gasteiger partial charge in [0.1, 0.15) is 18.7 Å². The zero-order valence-electron chi connectivity index (χ0n) is 12.1. The van der Waals surface area contributed by atoms with E-state index in [1.165, 1.54) is 0 Å². The predicted octanol–water partition coefficient (Wildman–Crippen LogP) is 3.19. The molecule has 0 aromatic heterocycles. The van der Waals surface area contributed by atoms with E-state index in [4.69, 9.17) is 9.84 Å². The highest BCUT2D eigenvalue weighted by Gasteiger charge is 2.51. The van der Waals surface area contributed by atoms with Crippen molar-refractivity contribution >= 4 is 12.1 Å². The fourth-order valence-electron chi connectivity index (χ4n) is 2.61. The standard InChI is InChI=1S/C15H16F3NO4/c16-15(17,18)12-8-4-7-11(13(20)21)19(12)14(22)23-9-10-5-2-1-3-6-10/h1-3,5-6,11-12H,4,7-9H2,(H,20,21)/t11-,12+/m0/s1. The molecule has 23 heavy (non-hydrogen) atoms. The van der Waals surface area contributed by atoms with Gasteiger partial charge in [-0.1, -0.05) is 30.3 Å². The molecule has 8 heteroatoms. The van der Waals surface area contributed by atoms with Crippen molar-refractivity contribution in [2.75, 3.05) is 0 Å². The van der Waals surface area contributed by atoms with Crippen LogP contribution in [0.5, 0.6) is 0 Å². The second-order valence-corrected chi connectivity index (χ2v) is 5.29. The molecule has 0 unspecified atom stereocenters.